The fraction of sp³-hybridized carbons (Fsp3) is 0.538. The number of hydrogen-bond donors (Lipinski definition) is 3. The van der Waals surface area contributed by atoms with E-state index in [4.69, 9.17) is 77.6 Å². The molecule has 0 saturated heterocycles. The number of aromatic amines is 1. The Hall–Kier alpha value is -4.32. The Balaban J connectivity index is 0.00000183. The number of ether oxygens (including phenoxy) is 8. The molecule has 2 aliphatic heterocycles. The van der Waals surface area contributed by atoms with Crippen LogP contribution in [0.25, 0.3) is 44.4 Å². The van der Waals surface area contributed by atoms with Gasteiger partial charge in [0.15, 0.2) is 11.5 Å². The number of hydrogen-bond acceptors (Lipinski definition) is 18. The van der Waals surface area contributed by atoms with Crippen LogP contribution in [0.5, 0.6) is 11.5 Å². The summed E-state index contributed by atoms with van der Waals surface area (Å²) in [6, 6.07) is 7.90. The van der Waals surface area contributed by atoms with Crippen LogP contribution in [0.15, 0.2) is 36.7 Å². The number of carboxylic acid groups (broad SMARTS) is 2. The van der Waals surface area contributed by atoms with Crippen molar-refractivity contribution in [3.8, 4) is 11.5 Å². The van der Waals surface area contributed by atoms with Crippen molar-refractivity contribution in [2.24, 2.45) is 0 Å². The topological polar surface area (TPSA) is 262 Å². The van der Waals surface area contributed by atoms with Crippen LogP contribution in [0, 0.1) is 39.9 Å². The number of carboxylic acids is 2. The quantitative estimate of drug-likeness (QED) is 0.0846. The second-order valence-electron chi connectivity index (χ2n) is 16.0. The van der Waals surface area contributed by atoms with E-state index in [-0.39, 0.29) is 66.4 Å². The van der Waals surface area contributed by atoms with Gasteiger partial charge < -0.3 is 72.9 Å². The molecule has 6 bridgehead atoms. The van der Waals surface area contributed by atoms with Gasteiger partial charge in [-0.15, -0.1) is 0 Å². The summed E-state index contributed by atoms with van der Waals surface area (Å²) in [7, 11) is 3.28. The van der Waals surface area contributed by atoms with Gasteiger partial charge in [-0.1, -0.05) is 13.8 Å². The molecule has 0 aliphatic carbocycles. The van der Waals surface area contributed by atoms with Crippen molar-refractivity contribution in [3.05, 3.63) is 70.6 Å². The predicted octanol–water partition coefficient (Wildman–Crippen LogP) is 4.50. The van der Waals surface area contributed by atoms with Crippen molar-refractivity contribution >= 4 is 56.3 Å². The molecular weight excluding hydrogens is 1080 g/mol. The Morgan fingerprint density at radius 1 is 0.556 bits per heavy atom. The van der Waals surface area contributed by atoms with Crippen LogP contribution < -0.4 is 19.7 Å². The Morgan fingerprint density at radius 2 is 0.889 bits per heavy atom. The van der Waals surface area contributed by atoms with Crippen LogP contribution in [0.3, 0.4) is 0 Å². The average Bonchev–Trinajstić information content (AvgIpc) is 3.94. The molecule has 0 fully saturated rings. The van der Waals surface area contributed by atoms with Crippen LogP contribution in [0.2, 0.25) is 0 Å². The van der Waals surface area contributed by atoms with Crippen molar-refractivity contribution in [1.82, 2.24) is 24.9 Å². The third kappa shape index (κ3) is 22.0. The van der Waals surface area contributed by atoms with Gasteiger partial charge in [0.2, 0.25) is 0 Å². The SMILES string of the molecule is CC(=O)[O-].CC(=O)[O-].CCc1c(CC)c2cc3nc(cnc4cc(OCCOCCOCCOC)c(OCCOCCOCCOC)cc4ncc4nc(cc1[nH]2)C(CCCO)=C4C)C(C)=C3CCCO.[Gd+2]. The number of aliphatic carboxylic acids is 2. The number of benzene rings is 1. The summed E-state index contributed by atoms with van der Waals surface area (Å²) in [5, 5.41) is 37.5. The summed E-state index contributed by atoms with van der Waals surface area (Å²) in [5.74, 6) is -1.24. The van der Waals surface area contributed by atoms with Crippen LogP contribution in [-0.4, -0.2) is 154 Å². The number of fused-ring (bicyclic) bond motifs is 7. The standard InChI is InChI=1S/C48H67N5O10.2C2H4O2.Gd/c1-7-35-36(8-2)40-28-42-38(12-10-14-55)34(4)46(53-42)32-50-44-30-48(63-26-24-61-22-20-59-18-16-57-6)47(62-25-23-60-21-19-58-17-15-56-5)29-43(44)49-31-45-33(3)37(11-9-13-54)41(52-45)27-39(35)51-40;2*1-2(3)4;/h27-32,51,54-55H,7-26H2,1-6H3;2*1H3,(H,3,4);/q;;;+2/p-2. The molecule has 0 amide bonds. The maximum atomic E-state index is 9.86. The van der Waals surface area contributed by atoms with E-state index < -0.39 is 11.9 Å². The number of allylic oxidation sites excluding steroid dienone is 4. The van der Waals surface area contributed by atoms with Gasteiger partial charge in [-0.3, -0.25) is 9.97 Å². The van der Waals surface area contributed by atoms with Gasteiger partial charge >= 0.3 is 39.9 Å². The third-order valence-electron chi connectivity index (χ3n) is 10.8. The summed E-state index contributed by atoms with van der Waals surface area (Å²) in [5.41, 5.74) is 12.8. The van der Waals surface area contributed by atoms with E-state index in [2.05, 4.69) is 44.8 Å². The molecule has 5 rings (SSSR count). The molecule has 1 aromatic carbocycles. The largest absolute Gasteiger partial charge is 2.00 e. The van der Waals surface area contributed by atoms with Crippen LogP contribution >= 0.6 is 0 Å². The fourth-order valence-corrected chi connectivity index (χ4v) is 7.42. The van der Waals surface area contributed by atoms with Gasteiger partial charge in [-0.05, 0) is 112 Å². The first-order chi connectivity index (χ1) is 34.3. The van der Waals surface area contributed by atoms with Crippen LogP contribution in [0.4, 0.5) is 0 Å². The number of methoxy groups -OCH3 is 2. The molecule has 0 atom stereocenters. The molecule has 2 aromatic heterocycles. The summed E-state index contributed by atoms with van der Waals surface area (Å²) in [6.07, 6.45) is 7.74. The first kappa shape index (κ1) is 63.8. The maximum absolute atomic E-state index is 9.86. The Bertz CT molecular complexity index is 2240. The Kier molecular flexibility index (Phi) is 32.4. The molecule has 0 saturated carbocycles. The van der Waals surface area contributed by atoms with E-state index in [1.54, 1.807) is 26.6 Å². The first-order valence-electron chi connectivity index (χ1n) is 24.0. The van der Waals surface area contributed by atoms with Crippen molar-refractivity contribution in [2.75, 3.05) is 107 Å². The minimum Gasteiger partial charge on any atom is -0.550 e. The number of carbonyl (C=O) groups excluding carboxylic acids is 2. The van der Waals surface area contributed by atoms with Crippen LogP contribution in [-0.2, 0) is 50.9 Å². The summed E-state index contributed by atoms with van der Waals surface area (Å²) < 4.78 is 45.3. The number of aryl methyl sites for hydroxylation is 2. The fourth-order valence-electron chi connectivity index (χ4n) is 7.42. The number of H-pyrrole nitrogens is 1. The van der Waals surface area contributed by atoms with Gasteiger partial charge in [-0.2, -0.15) is 0 Å². The number of nitrogens with zero attached hydrogens (tertiary/aromatic N) is 4. The molecule has 398 valence electrons. The molecule has 0 radical (unpaired) electrons. The number of aliphatic hydroxyl groups excluding tert-OH is 2. The molecule has 0 unspecified atom stereocenters. The molecule has 0 spiro atoms. The zero-order valence-electron chi connectivity index (χ0n) is 43.0. The molecule has 3 N–H and O–H groups in total. The van der Waals surface area contributed by atoms with Gasteiger partial charge in [0.05, 0.1) is 112 Å². The van der Waals surface area contributed by atoms with Gasteiger partial charge in [-0.25, -0.2) is 9.97 Å². The Labute approximate surface area is 455 Å². The molecule has 3 aromatic rings. The van der Waals surface area contributed by atoms with Crippen molar-refractivity contribution in [2.45, 2.75) is 80.1 Å². The summed E-state index contributed by atoms with van der Waals surface area (Å²) >= 11 is 0. The summed E-state index contributed by atoms with van der Waals surface area (Å²) in [6.45, 7) is 15.5. The van der Waals surface area contributed by atoms with E-state index in [9.17, 15) is 10.2 Å². The van der Waals surface area contributed by atoms with E-state index in [0.29, 0.717) is 114 Å². The zero-order chi connectivity index (χ0) is 52.0. The van der Waals surface area contributed by atoms with Crippen molar-refractivity contribution < 1.29 is 108 Å². The average molecular weight is 1150 g/mol. The number of aromatic nitrogens is 5. The molecule has 72 heavy (non-hydrogen) atoms. The molecule has 20 heteroatoms. The van der Waals surface area contributed by atoms with Crippen molar-refractivity contribution in [1.29, 1.82) is 0 Å². The number of rotatable bonds is 28. The third-order valence-corrected chi connectivity index (χ3v) is 10.8. The zero-order valence-corrected chi connectivity index (χ0v) is 45.3. The van der Waals surface area contributed by atoms with E-state index in [1.807, 2.05) is 12.1 Å². The predicted molar refractivity (Wildman–Crippen MR) is 267 cm³/mol. The smallest absolute Gasteiger partial charge is 0.550 e. The number of nitrogens with one attached hydrogen (secondary N) is 1. The van der Waals surface area contributed by atoms with Gasteiger partial charge in [0, 0.05) is 62.5 Å². The Morgan fingerprint density at radius 3 is 1.21 bits per heavy atom. The molecular formula is C52H73GdN5O14. The van der Waals surface area contributed by atoms with Crippen molar-refractivity contribution in [3.63, 3.8) is 0 Å². The normalized spacial score (nSPS) is 11.8. The second-order valence-corrected chi connectivity index (χ2v) is 16.0. The first-order valence-corrected chi connectivity index (χ1v) is 24.0. The van der Waals surface area contributed by atoms with E-state index in [0.717, 1.165) is 82.8 Å². The summed E-state index contributed by atoms with van der Waals surface area (Å²) in [4.78, 5) is 41.8. The molecule has 4 heterocycles. The van der Waals surface area contributed by atoms with Gasteiger partial charge in [0.25, 0.3) is 0 Å². The monoisotopic (exact) mass is 1150 g/mol. The van der Waals surface area contributed by atoms with Gasteiger partial charge in [0.1, 0.15) is 13.2 Å². The number of aliphatic hydroxyl groups is 2. The maximum Gasteiger partial charge on any atom is 2.00 e. The number of carbonyl (C=O) groups is 2. The molecule has 2 aliphatic rings. The van der Waals surface area contributed by atoms with E-state index >= 15 is 0 Å². The van der Waals surface area contributed by atoms with E-state index in [1.165, 1.54) is 11.1 Å². The minimum absolute atomic E-state index is 0. The second kappa shape index (κ2) is 36.6. The minimum atomic E-state index is -1.08. The molecule has 19 nitrogen and oxygen atoms in total. The van der Waals surface area contributed by atoms with Crippen LogP contribution in [0.1, 0.15) is 101 Å².